The lowest BCUT2D eigenvalue weighted by Crippen LogP contribution is -2.49. The second-order valence-electron chi connectivity index (χ2n) is 5.12. The van der Waals surface area contributed by atoms with Crippen molar-refractivity contribution in [1.82, 2.24) is 4.90 Å². The van der Waals surface area contributed by atoms with Crippen molar-refractivity contribution in [3.8, 4) is 0 Å². The number of hydrogen-bond acceptors (Lipinski definition) is 3. The molecule has 1 aliphatic heterocycles. The maximum absolute atomic E-state index is 12.5. The molecule has 0 spiro atoms. The molecule has 0 aromatic carbocycles. The molecule has 2 atom stereocenters. The van der Waals surface area contributed by atoms with Crippen LogP contribution in [0.25, 0.3) is 0 Å². The molecule has 0 radical (unpaired) electrons. The summed E-state index contributed by atoms with van der Waals surface area (Å²) in [7, 11) is 0. The van der Waals surface area contributed by atoms with E-state index in [1.54, 1.807) is 0 Å². The zero-order valence-corrected chi connectivity index (χ0v) is 12.0. The van der Waals surface area contributed by atoms with E-state index >= 15 is 0 Å². The second-order valence-corrected chi connectivity index (χ2v) is 6.04. The normalized spacial score (nSPS) is 24.3. The minimum absolute atomic E-state index is 0.174. The van der Waals surface area contributed by atoms with E-state index in [1.165, 1.54) is 17.8 Å². The smallest absolute Gasteiger partial charge is 0.264 e. The van der Waals surface area contributed by atoms with E-state index in [4.69, 9.17) is 5.73 Å². The van der Waals surface area contributed by atoms with Gasteiger partial charge in [0.2, 0.25) is 0 Å². The Morgan fingerprint density at radius 2 is 2.39 bits per heavy atom. The minimum atomic E-state index is 0.174. The van der Waals surface area contributed by atoms with Gasteiger partial charge in [-0.3, -0.25) is 4.79 Å². The van der Waals surface area contributed by atoms with E-state index in [0.29, 0.717) is 6.54 Å². The fourth-order valence-corrected chi connectivity index (χ4v) is 3.60. The molecule has 4 heteroatoms. The third-order valence-corrected chi connectivity index (χ3v) is 5.00. The lowest BCUT2D eigenvalue weighted by atomic mass is 9.88. The Kier molecular flexibility index (Phi) is 4.40. The standard InChI is InChI=1S/C14H22N2OS/c1-3-11-4-6-16(12(8-11)9-15)14(17)13-10(2)5-7-18-13/h5,7,11-12H,3-4,6,8-9,15H2,1-2H3. The zero-order valence-electron chi connectivity index (χ0n) is 11.2. The van der Waals surface area contributed by atoms with Gasteiger partial charge in [0.1, 0.15) is 0 Å². The number of amides is 1. The summed E-state index contributed by atoms with van der Waals surface area (Å²) < 4.78 is 0. The van der Waals surface area contributed by atoms with Crippen molar-refractivity contribution in [3.63, 3.8) is 0 Å². The first-order valence-corrected chi connectivity index (χ1v) is 7.60. The SMILES string of the molecule is CCC1CCN(C(=O)c2sccc2C)C(CN)C1. The molecule has 3 nitrogen and oxygen atoms in total. The fraction of sp³-hybridized carbons (Fsp3) is 0.643. The molecule has 1 aromatic heterocycles. The predicted octanol–water partition coefficient (Wildman–Crippen LogP) is 2.65. The number of nitrogens with zero attached hydrogens (tertiary/aromatic N) is 1. The number of likely N-dealkylation sites (tertiary alicyclic amines) is 1. The van der Waals surface area contributed by atoms with Crippen molar-refractivity contribution in [2.45, 2.75) is 39.2 Å². The maximum atomic E-state index is 12.5. The summed E-state index contributed by atoms with van der Waals surface area (Å²) in [5, 5.41) is 1.98. The number of carbonyl (C=O) groups is 1. The highest BCUT2D eigenvalue weighted by atomic mass is 32.1. The molecule has 0 bridgehead atoms. The first kappa shape index (κ1) is 13.6. The van der Waals surface area contributed by atoms with Crippen molar-refractivity contribution in [1.29, 1.82) is 0 Å². The van der Waals surface area contributed by atoms with Gasteiger partial charge in [-0.15, -0.1) is 11.3 Å². The van der Waals surface area contributed by atoms with Crippen LogP contribution < -0.4 is 5.73 Å². The van der Waals surface area contributed by atoms with Crippen LogP contribution in [0.2, 0.25) is 0 Å². The van der Waals surface area contributed by atoms with Gasteiger partial charge < -0.3 is 10.6 Å². The number of nitrogens with two attached hydrogens (primary N) is 1. The molecular weight excluding hydrogens is 244 g/mol. The summed E-state index contributed by atoms with van der Waals surface area (Å²) in [5.41, 5.74) is 6.93. The molecule has 1 saturated heterocycles. The predicted molar refractivity (Wildman–Crippen MR) is 75.9 cm³/mol. The highest BCUT2D eigenvalue weighted by Gasteiger charge is 2.31. The largest absolute Gasteiger partial charge is 0.334 e. The molecule has 2 rings (SSSR count). The Labute approximate surface area is 113 Å². The van der Waals surface area contributed by atoms with Gasteiger partial charge in [-0.1, -0.05) is 13.3 Å². The number of piperidine rings is 1. The van der Waals surface area contributed by atoms with Gasteiger partial charge in [0, 0.05) is 19.1 Å². The average Bonchev–Trinajstić information content (AvgIpc) is 2.83. The number of aryl methyl sites for hydroxylation is 1. The zero-order chi connectivity index (χ0) is 13.1. The summed E-state index contributed by atoms with van der Waals surface area (Å²) in [6.45, 7) is 5.66. The third kappa shape index (κ3) is 2.59. The van der Waals surface area contributed by atoms with Gasteiger partial charge in [-0.2, -0.15) is 0 Å². The molecule has 1 fully saturated rings. The molecular formula is C14H22N2OS. The molecule has 1 amide bonds. The van der Waals surface area contributed by atoms with Gasteiger partial charge in [-0.05, 0) is 42.7 Å². The lowest BCUT2D eigenvalue weighted by Gasteiger charge is -2.38. The molecule has 1 aromatic rings. The first-order chi connectivity index (χ1) is 8.67. The second kappa shape index (κ2) is 5.85. The van der Waals surface area contributed by atoms with Crippen molar-refractivity contribution >= 4 is 17.2 Å². The van der Waals surface area contributed by atoms with Gasteiger partial charge in [0.05, 0.1) is 4.88 Å². The molecule has 100 valence electrons. The van der Waals surface area contributed by atoms with Crippen LogP contribution in [-0.4, -0.2) is 29.9 Å². The van der Waals surface area contributed by atoms with E-state index in [9.17, 15) is 4.79 Å². The van der Waals surface area contributed by atoms with Crippen molar-refractivity contribution in [3.05, 3.63) is 21.9 Å². The van der Waals surface area contributed by atoms with E-state index < -0.39 is 0 Å². The van der Waals surface area contributed by atoms with E-state index in [2.05, 4.69) is 6.92 Å². The van der Waals surface area contributed by atoms with E-state index in [-0.39, 0.29) is 11.9 Å². The number of rotatable bonds is 3. The summed E-state index contributed by atoms with van der Waals surface area (Å²) in [5.74, 6) is 0.902. The Morgan fingerprint density at radius 1 is 1.61 bits per heavy atom. The highest BCUT2D eigenvalue weighted by Crippen LogP contribution is 2.28. The van der Waals surface area contributed by atoms with E-state index in [1.807, 2.05) is 23.3 Å². The van der Waals surface area contributed by atoms with Crippen molar-refractivity contribution in [2.24, 2.45) is 11.7 Å². The van der Waals surface area contributed by atoms with Crippen molar-refractivity contribution in [2.75, 3.05) is 13.1 Å². The Bertz CT molecular complexity index is 416. The summed E-state index contributed by atoms with van der Waals surface area (Å²) in [6.07, 6.45) is 3.36. The Hall–Kier alpha value is -0.870. The summed E-state index contributed by atoms with van der Waals surface area (Å²) in [4.78, 5) is 15.4. The van der Waals surface area contributed by atoms with Crippen LogP contribution in [0.5, 0.6) is 0 Å². The molecule has 2 heterocycles. The molecule has 2 N–H and O–H groups in total. The summed E-state index contributed by atoms with van der Waals surface area (Å²) in [6, 6.07) is 2.23. The highest BCUT2D eigenvalue weighted by molar-refractivity contribution is 7.12. The van der Waals surface area contributed by atoms with Gasteiger partial charge in [0.25, 0.3) is 5.91 Å². The van der Waals surface area contributed by atoms with E-state index in [0.717, 1.165) is 35.7 Å². The topological polar surface area (TPSA) is 46.3 Å². The number of hydrogen-bond donors (Lipinski definition) is 1. The first-order valence-electron chi connectivity index (χ1n) is 6.72. The van der Waals surface area contributed by atoms with Gasteiger partial charge in [-0.25, -0.2) is 0 Å². The van der Waals surface area contributed by atoms with Crippen LogP contribution in [0, 0.1) is 12.8 Å². The summed E-state index contributed by atoms with van der Waals surface area (Å²) >= 11 is 1.54. The van der Waals surface area contributed by atoms with Crippen LogP contribution in [0.1, 0.15) is 41.4 Å². The average molecular weight is 266 g/mol. The molecule has 1 aliphatic rings. The molecule has 0 aliphatic carbocycles. The van der Waals surface area contributed by atoms with Gasteiger partial charge >= 0.3 is 0 Å². The third-order valence-electron chi connectivity index (χ3n) is 3.99. The van der Waals surface area contributed by atoms with Crippen LogP contribution in [0.15, 0.2) is 11.4 Å². The van der Waals surface area contributed by atoms with Crippen LogP contribution in [-0.2, 0) is 0 Å². The van der Waals surface area contributed by atoms with Gasteiger partial charge in [0.15, 0.2) is 0 Å². The molecule has 0 saturated carbocycles. The quantitative estimate of drug-likeness (QED) is 0.914. The molecule has 2 unspecified atom stereocenters. The fourth-order valence-electron chi connectivity index (χ4n) is 2.72. The monoisotopic (exact) mass is 266 g/mol. The number of thiophene rings is 1. The maximum Gasteiger partial charge on any atom is 0.264 e. The van der Waals surface area contributed by atoms with Crippen molar-refractivity contribution < 1.29 is 4.79 Å². The van der Waals surface area contributed by atoms with Crippen LogP contribution in [0.4, 0.5) is 0 Å². The van der Waals surface area contributed by atoms with Crippen LogP contribution in [0.3, 0.4) is 0 Å². The lowest BCUT2D eigenvalue weighted by molar-refractivity contribution is 0.0563. The Morgan fingerprint density at radius 3 is 2.94 bits per heavy atom. The molecule has 18 heavy (non-hydrogen) atoms. The Balaban J connectivity index is 2.13. The minimum Gasteiger partial charge on any atom is -0.334 e. The van der Waals surface area contributed by atoms with Crippen LogP contribution >= 0.6 is 11.3 Å². The number of carbonyl (C=O) groups excluding carboxylic acids is 1.